The Hall–Kier alpha value is -0.870. The van der Waals surface area contributed by atoms with Crippen molar-refractivity contribution in [2.45, 2.75) is 52.2 Å². The summed E-state index contributed by atoms with van der Waals surface area (Å²) in [4.78, 5) is 6.88. The number of aryl methyl sites for hydroxylation is 1. The van der Waals surface area contributed by atoms with Gasteiger partial charge in [0.25, 0.3) is 0 Å². The fourth-order valence-electron chi connectivity index (χ4n) is 2.70. The first-order valence-electron chi connectivity index (χ1n) is 6.95. The van der Waals surface area contributed by atoms with E-state index in [1.807, 2.05) is 6.20 Å². The zero-order chi connectivity index (χ0) is 13.2. The van der Waals surface area contributed by atoms with Crippen LogP contribution in [-0.4, -0.2) is 45.7 Å². The molecule has 0 amide bonds. The zero-order valence-corrected chi connectivity index (χ0v) is 12.1. The first kappa shape index (κ1) is 13.6. The number of nitrogens with zero attached hydrogens (tertiary/aromatic N) is 3. The van der Waals surface area contributed by atoms with E-state index in [9.17, 15) is 0 Å². The first-order valence-corrected chi connectivity index (χ1v) is 6.95. The van der Waals surface area contributed by atoms with Gasteiger partial charge in [-0.2, -0.15) is 0 Å². The molecule has 1 aliphatic rings. The molecule has 2 rings (SSSR count). The third-order valence-corrected chi connectivity index (χ3v) is 3.94. The lowest BCUT2D eigenvalue weighted by Crippen LogP contribution is -2.48. The summed E-state index contributed by atoms with van der Waals surface area (Å²) in [5, 5.41) is 3.62. The molecule has 0 aliphatic carbocycles. The molecule has 1 aromatic rings. The maximum absolute atomic E-state index is 4.28. The van der Waals surface area contributed by atoms with E-state index in [0.29, 0.717) is 6.04 Å². The third-order valence-electron chi connectivity index (χ3n) is 3.94. The van der Waals surface area contributed by atoms with Gasteiger partial charge in [0.1, 0.15) is 5.82 Å². The van der Waals surface area contributed by atoms with E-state index < -0.39 is 0 Å². The van der Waals surface area contributed by atoms with E-state index in [0.717, 1.165) is 32.0 Å². The summed E-state index contributed by atoms with van der Waals surface area (Å²) in [6.07, 6.45) is 5.18. The summed E-state index contributed by atoms with van der Waals surface area (Å²) in [6.45, 7) is 13.4. The standard InChI is InChI=1S/C14H26N4/c1-12-5-6-16-14(3,4)11-18(12)10-9-17-8-7-15-13(17)2/h7-8,12,16H,5-6,9-11H2,1-4H3. The number of imidazole rings is 1. The monoisotopic (exact) mass is 250 g/mol. The Bertz CT molecular complexity index is 383. The molecule has 2 heterocycles. The molecular formula is C14H26N4. The molecule has 18 heavy (non-hydrogen) atoms. The number of hydrogen-bond donors (Lipinski definition) is 1. The highest BCUT2D eigenvalue weighted by atomic mass is 15.2. The molecular weight excluding hydrogens is 224 g/mol. The Kier molecular flexibility index (Phi) is 4.07. The number of rotatable bonds is 3. The summed E-state index contributed by atoms with van der Waals surface area (Å²) in [5.41, 5.74) is 0.217. The topological polar surface area (TPSA) is 33.1 Å². The molecule has 1 fully saturated rings. The lowest BCUT2D eigenvalue weighted by Gasteiger charge is -2.33. The van der Waals surface area contributed by atoms with Gasteiger partial charge in [0, 0.05) is 43.6 Å². The van der Waals surface area contributed by atoms with Crippen molar-refractivity contribution in [2.75, 3.05) is 19.6 Å². The normalized spacial score (nSPS) is 25.0. The maximum Gasteiger partial charge on any atom is 0.105 e. The fraction of sp³-hybridized carbons (Fsp3) is 0.786. The van der Waals surface area contributed by atoms with Crippen molar-refractivity contribution in [1.29, 1.82) is 0 Å². The Labute approximate surface area is 110 Å². The van der Waals surface area contributed by atoms with E-state index in [4.69, 9.17) is 0 Å². The molecule has 1 unspecified atom stereocenters. The van der Waals surface area contributed by atoms with Crippen molar-refractivity contribution in [1.82, 2.24) is 19.8 Å². The second-order valence-electron chi connectivity index (χ2n) is 6.09. The molecule has 0 radical (unpaired) electrons. The minimum absolute atomic E-state index is 0.217. The summed E-state index contributed by atoms with van der Waals surface area (Å²) in [6, 6.07) is 0.656. The van der Waals surface area contributed by atoms with Crippen LogP contribution in [0.4, 0.5) is 0 Å². The minimum Gasteiger partial charge on any atom is -0.334 e. The van der Waals surface area contributed by atoms with Gasteiger partial charge >= 0.3 is 0 Å². The average molecular weight is 250 g/mol. The minimum atomic E-state index is 0.217. The molecule has 0 bridgehead atoms. The Morgan fingerprint density at radius 2 is 2.22 bits per heavy atom. The van der Waals surface area contributed by atoms with Gasteiger partial charge in [-0.05, 0) is 40.7 Å². The van der Waals surface area contributed by atoms with Crippen LogP contribution in [0.5, 0.6) is 0 Å². The zero-order valence-electron chi connectivity index (χ0n) is 12.1. The van der Waals surface area contributed by atoms with Gasteiger partial charge in [0.05, 0.1) is 0 Å². The number of hydrogen-bond acceptors (Lipinski definition) is 3. The van der Waals surface area contributed by atoms with Crippen LogP contribution in [-0.2, 0) is 6.54 Å². The Morgan fingerprint density at radius 3 is 2.89 bits per heavy atom. The van der Waals surface area contributed by atoms with E-state index in [1.165, 1.54) is 6.42 Å². The number of aromatic nitrogens is 2. The van der Waals surface area contributed by atoms with Gasteiger partial charge in [0.15, 0.2) is 0 Å². The molecule has 1 saturated heterocycles. The Morgan fingerprint density at radius 1 is 1.44 bits per heavy atom. The quantitative estimate of drug-likeness (QED) is 0.885. The average Bonchev–Trinajstić information content (AvgIpc) is 2.63. The lowest BCUT2D eigenvalue weighted by molar-refractivity contribution is 0.174. The van der Waals surface area contributed by atoms with Crippen LogP contribution >= 0.6 is 0 Å². The smallest absolute Gasteiger partial charge is 0.105 e. The van der Waals surface area contributed by atoms with Gasteiger partial charge in [0.2, 0.25) is 0 Å². The van der Waals surface area contributed by atoms with Crippen LogP contribution in [0.3, 0.4) is 0 Å². The molecule has 0 aromatic carbocycles. The predicted molar refractivity (Wildman–Crippen MR) is 74.7 cm³/mol. The van der Waals surface area contributed by atoms with Gasteiger partial charge < -0.3 is 9.88 Å². The fourth-order valence-corrected chi connectivity index (χ4v) is 2.70. The predicted octanol–water partition coefficient (Wildman–Crippen LogP) is 1.65. The summed E-state index contributed by atoms with van der Waals surface area (Å²) >= 11 is 0. The SMILES string of the molecule is Cc1nccn1CCN1CC(C)(C)NCCC1C. The van der Waals surface area contributed by atoms with E-state index in [-0.39, 0.29) is 5.54 Å². The van der Waals surface area contributed by atoms with Crippen LogP contribution in [0.15, 0.2) is 12.4 Å². The lowest BCUT2D eigenvalue weighted by atomic mass is 10.1. The van der Waals surface area contributed by atoms with Crippen molar-refractivity contribution in [2.24, 2.45) is 0 Å². The van der Waals surface area contributed by atoms with Gasteiger partial charge in [-0.1, -0.05) is 0 Å². The molecule has 4 heteroatoms. The van der Waals surface area contributed by atoms with Gasteiger partial charge in [-0.25, -0.2) is 4.98 Å². The maximum atomic E-state index is 4.28. The second-order valence-corrected chi connectivity index (χ2v) is 6.09. The van der Waals surface area contributed by atoms with Gasteiger partial charge in [-0.15, -0.1) is 0 Å². The molecule has 1 aromatic heterocycles. The summed E-state index contributed by atoms with van der Waals surface area (Å²) in [5.74, 6) is 1.11. The van der Waals surface area contributed by atoms with Crippen LogP contribution < -0.4 is 5.32 Å². The molecule has 0 saturated carbocycles. The van der Waals surface area contributed by atoms with Crippen molar-refractivity contribution in [3.05, 3.63) is 18.2 Å². The molecule has 1 N–H and O–H groups in total. The highest BCUT2D eigenvalue weighted by Gasteiger charge is 2.27. The van der Waals surface area contributed by atoms with E-state index in [1.54, 1.807) is 0 Å². The van der Waals surface area contributed by atoms with Gasteiger partial charge in [-0.3, -0.25) is 4.90 Å². The van der Waals surface area contributed by atoms with Crippen LogP contribution in [0.25, 0.3) is 0 Å². The van der Waals surface area contributed by atoms with Crippen LogP contribution in [0, 0.1) is 6.92 Å². The van der Waals surface area contributed by atoms with E-state index >= 15 is 0 Å². The highest BCUT2D eigenvalue weighted by molar-refractivity contribution is 4.91. The van der Waals surface area contributed by atoms with Crippen LogP contribution in [0.2, 0.25) is 0 Å². The van der Waals surface area contributed by atoms with E-state index in [2.05, 4.69) is 53.7 Å². The molecule has 102 valence electrons. The van der Waals surface area contributed by atoms with Crippen molar-refractivity contribution in [3.8, 4) is 0 Å². The second kappa shape index (κ2) is 5.41. The highest BCUT2D eigenvalue weighted by Crippen LogP contribution is 2.15. The van der Waals surface area contributed by atoms with Crippen molar-refractivity contribution >= 4 is 0 Å². The largest absolute Gasteiger partial charge is 0.334 e. The van der Waals surface area contributed by atoms with Crippen LogP contribution in [0.1, 0.15) is 33.0 Å². The van der Waals surface area contributed by atoms with Crippen molar-refractivity contribution < 1.29 is 0 Å². The molecule has 0 spiro atoms. The first-order chi connectivity index (χ1) is 8.48. The summed E-state index contributed by atoms with van der Waals surface area (Å²) in [7, 11) is 0. The Balaban J connectivity index is 1.96. The van der Waals surface area contributed by atoms with Crippen molar-refractivity contribution in [3.63, 3.8) is 0 Å². The summed E-state index contributed by atoms with van der Waals surface area (Å²) < 4.78 is 2.23. The third kappa shape index (κ3) is 3.33. The molecule has 1 aliphatic heterocycles. The number of nitrogens with one attached hydrogen (secondary N) is 1. The molecule has 4 nitrogen and oxygen atoms in total. The molecule has 1 atom stereocenters.